The van der Waals surface area contributed by atoms with Crippen molar-refractivity contribution in [2.24, 2.45) is 0 Å². The highest BCUT2D eigenvalue weighted by Crippen LogP contribution is 2.20. The average molecular weight is 237 g/mol. The molecule has 17 heavy (non-hydrogen) atoms. The molecule has 0 bridgehead atoms. The summed E-state index contributed by atoms with van der Waals surface area (Å²) in [6.07, 6.45) is 6.97. The SMILES string of the molecule is Cc1cnn(CC2CCC(CNC(C)C)O2)c1. The molecule has 0 radical (unpaired) electrons. The molecular formula is C13H23N3O. The molecular weight excluding hydrogens is 214 g/mol. The predicted molar refractivity (Wildman–Crippen MR) is 68.0 cm³/mol. The Morgan fingerprint density at radius 2 is 2.24 bits per heavy atom. The molecule has 2 rings (SSSR count). The Morgan fingerprint density at radius 3 is 2.88 bits per heavy atom. The molecule has 4 nitrogen and oxygen atoms in total. The van der Waals surface area contributed by atoms with Gasteiger partial charge < -0.3 is 10.1 Å². The van der Waals surface area contributed by atoms with Crippen LogP contribution in [0.3, 0.4) is 0 Å². The van der Waals surface area contributed by atoms with E-state index in [1.54, 1.807) is 0 Å². The Morgan fingerprint density at radius 1 is 1.47 bits per heavy atom. The third-order valence-electron chi connectivity index (χ3n) is 3.10. The molecule has 1 aliphatic rings. The molecule has 1 aliphatic heterocycles. The van der Waals surface area contributed by atoms with Crippen molar-refractivity contribution in [3.63, 3.8) is 0 Å². The maximum atomic E-state index is 6.00. The Hall–Kier alpha value is -0.870. The number of nitrogens with zero attached hydrogens (tertiary/aromatic N) is 2. The fourth-order valence-electron chi connectivity index (χ4n) is 2.21. The van der Waals surface area contributed by atoms with Crippen LogP contribution < -0.4 is 5.32 Å². The Bertz CT molecular complexity index is 348. The largest absolute Gasteiger partial charge is 0.372 e. The minimum Gasteiger partial charge on any atom is -0.372 e. The second kappa shape index (κ2) is 5.65. The molecule has 0 amide bonds. The van der Waals surface area contributed by atoms with Gasteiger partial charge in [0.15, 0.2) is 0 Å². The summed E-state index contributed by atoms with van der Waals surface area (Å²) in [5.74, 6) is 0. The molecule has 2 heterocycles. The Balaban J connectivity index is 1.74. The fraction of sp³-hybridized carbons (Fsp3) is 0.769. The van der Waals surface area contributed by atoms with E-state index >= 15 is 0 Å². The lowest BCUT2D eigenvalue weighted by molar-refractivity contribution is 0.0333. The van der Waals surface area contributed by atoms with Gasteiger partial charge in [0, 0.05) is 18.8 Å². The van der Waals surface area contributed by atoms with Crippen molar-refractivity contribution in [1.29, 1.82) is 0 Å². The molecule has 0 saturated carbocycles. The topological polar surface area (TPSA) is 39.1 Å². The molecule has 0 aliphatic carbocycles. The highest BCUT2D eigenvalue weighted by molar-refractivity contribution is 4.99. The van der Waals surface area contributed by atoms with Gasteiger partial charge in [0.1, 0.15) is 0 Å². The van der Waals surface area contributed by atoms with E-state index in [0.29, 0.717) is 18.2 Å². The summed E-state index contributed by atoms with van der Waals surface area (Å²) < 4.78 is 7.99. The Labute approximate surface area is 103 Å². The first-order valence-electron chi connectivity index (χ1n) is 6.51. The number of nitrogens with one attached hydrogen (secondary N) is 1. The molecule has 4 heteroatoms. The van der Waals surface area contributed by atoms with Gasteiger partial charge in [0.25, 0.3) is 0 Å². The second-order valence-corrected chi connectivity index (χ2v) is 5.26. The van der Waals surface area contributed by atoms with Gasteiger partial charge in [-0.25, -0.2) is 0 Å². The fourth-order valence-corrected chi connectivity index (χ4v) is 2.21. The van der Waals surface area contributed by atoms with Gasteiger partial charge in [0.2, 0.25) is 0 Å². The van der Waals surface area contributed by atoms with Gasteiger partial charge >= 0.3 is 0 Å². The lowest BCUT2D eigenvalue weighted by Gasteiger charge is -2.16. The normalized spacial score (nSPS) is 24.7. The molecule has 96 valence electrons. The van der Waals surface area contributed by atoms with E-state index in [1.807, 2.05) is 10.9 Å². The highest BCUT2D eigenvalue weighted by atomic mass is 16.5. The lowest BCUT2D eigenvalue weighted by Crippen LogP contribution is -2.32. The first-order valence-corrected chi connectivity index (χ1v) is 6.51. The third-order valence-corrected chi connectivity index (χ3v) is 3.10. The van der Waals surface area contributed by atoms with Gasteiger partial charge in [-0.3, -0.25) is 4.68 Å². The number of rotatable bonds is 5. The lowest BCUT2D eigenvalue weighted by atomic mass is 10.2. The summed E-state index contributed by atoms with van der Waals surface area (Å²) in [4.78, 5) is 0. The third kappa shape index (κ3) is 3.82. The zero-order valence-electron chi connectivity index (χ0n) is 11.0. The molecule has 1 N–H and O–H groups in total. The minimum atomic E-state index is 0.327. The summed E-state index contributed by atoms with van der Waals surface area (Å²) in [6.45, 7) is 8.24. The van der Waals surface area contributed by atoms with Crippen LogP contribution in [0, 0.1) is 6.92 Å². The van der Waals surface area contributed by atoms with E-state index < -0.39 is 0 Å². The molecule has 1 saturated heterocycles. The molecule has 0 spiro atoms. The first kappa shape index (κ1) is 12.6. The summed E-state index contributed by atoms with van der Waals surface area (Å²) in [5, 5.41) is 7.73. The maximum absolute atomic E-state index is 6.00. The number of aromatic nitrogens is 2. The van der Waals surface area contributed by atoms with Crippen LogP contribution in [0.1, 0.15) is 32.3 Å². The van der Waals surface area contributed by atoms with Crippen LogP contribution in [0.15, 0.2) is 12.4 Å². The van der Waals surface area contributed by atoms with Crippen molar-refractivity contribution in [3.8, 4) is 0 Å². The van der Waals surface area contributed by atoms with E-state index in [-0.39, 0.29) is 0 Å². The second-order valence-electron chi connectivity index (χ2n) is 5.26. The maximum Gasteiger partial charge on any atom is 0.0776 e. The molecule has 2 unspecified atom stereocenters. The molecule has 1 fully saturated rings. The van der Waals surface area contributed by atoms with Crippen molar-refractivity contribution in [2.75, 3.05) is 6.54 Å². The summed E-state index contributed by atoms with van der Waals surface area (Å²) >= 11 is 0. The van der Waals surface area contributed by atoms with Crippen LogP contribution >= 0.6 is 0 Å². The number of hydrogen-bond acceptors (Lipinski definition) is 3. The number of aryl methyl sites for hydroxylation is 1. The predicted octanol–water partition coefficient (Wildman–Crippen LogP) is 1.74. The van der Waals surface area contributed by atoms with E-state index in [1.165, 1.54) is 5.56 Å². The number of ether oxygens (including phenoxy) is 1. The van der Waals surface area contributed by atoms with Crippen LogP contribution in [0.5, 0.6) is 0 Å². The molecule has 1 aromatic rings. The average Bonchev–Trinajstić information content (AvgIpc) is 2.86. The smallest absolute Gasteiger partial charge is 0.0776 e. The van der Waals surface area contributed by atoms with E-state index in [4.69, 9.17) is 4.74 Å². The zero-order valence-corrected chi connectivity index (χ0v) is 11.0. The standard InChI is InChI=1S/C13H23N3O/c1-10(2)14-7-12-4-5-13(17-12)9-16-8-11(3)6-15-16/h6,8,10,12-14H,4-5,7,9H2,1-3H3. The van der Waals surface area contributed by atoms with Crippen molar-refractivity contribution >= 4 is 0 Å². The quantitative estimate of drug-likeness (QED) is 0.848. The van der Waals surface area contributed by atoms with E-state index in [2.05, 4.69) is 37.4 Å². The van der Waals surface area contributed by atoms with Crippen molar-refractivity contribution in [1.82, 2.24) is 15.1 Å². The van der Waals surface area contributed by atoms with Crippen LogP contribution in [0.2, 0.25) is 0 Å². The zero-order chi connectivity index (χ0) is 12.3. The number of hydrogen-bond donors (Lipinski definition) is 1. The van der Waals surface area contributed by atoms with Crippen molar-refractivity contribution in [2.45, 2.75) is 58.4 Å². The van der Waals surface area contributed by atoms with Gasteiger partial charge in [-0.15, -0.1) is 0 Å². The van der Waals surface area contributed by atoms with Gasteiger partial charge in [-0.1, -0.05) is 13.8 Å². The monoisotopic (exact) mass is 237 g/mol. The van der Waals surface area contributed by atoms with Crippen LogP contribution in [-0.4, -0.2) is 34.6 Å². The van der Waals surface area contributed by atoms with Gasteiger partial charge in [-0.2, -0.15) is 5.10 Å². The van der Waals surface area contributed by atoms with Crippen LogP contribution in [-0.2, 0) is 11.3 Å². The van der Waals surface area contributed by atoms with E-state index in [9.17, 15) is 0 Å². The summed E-state index contributed by atoms with van der Waals surface area (Å²) in [7, 11) is 0. The first-order chi connectivity index (χ1) is 8.13. The highest BCUT2D eigenvalue weighted by Gasteiger charge is 2.25. The van der Waals surface area contributed by atoms with Gasteiger partial charge in [0.05, 0.1) is 24.9 Å². The minimum absolute atomic E-state index is 0.327. The van der Waals surface area contributed by atoms with Gasteiger partial charge in [-0.05, 0) is 25.3 Å². The van der Waals surface area contributed by atoms with Crippen LogP contribution in [0.4, 0.5) is 0 Å². The Kier molecular flexibility index (Phi) is 4.18. The molecule has 1 aromatic heterocycles. The summed E-state index contributed by atoms with van der Waals surface area (Å²) in [6, 6.07) is 0.534. The molecule has 2 atom stereocenters. The van der Waals surface area contributed by atoms with Crippen molar-refractivity contribution in [3.05, 3.63) is 18.0 Å². The van der Waals surface area contributed by atoms with Crippen molar-refractivity contribution < 1.29 is 4.74 Å². The molecule has 0 aromatic carbocycles. The van der Waals surface area contributed by atoms with E-state index in [0.717, 1.165) is 25.9 Å². The van der Waals surface area contributed by atoms with Crippen LogP contribution in [0.25, 0.3) is 0 Å². The summed E-state index contributed by atoms with van der Waals surface area (Å²) in [5.41, 5.74) is 1.21.